The van der Waals surface area contributed by atoms with E-state index < -0.39 is 9.84 Å². The molecule has 1 aliphatic rings. The first-order valence-corrected chi connectivity index (χ1v) is 12.4. The Bertz CT molecular complexity index is 848. The average Bonchev–Trinajstić information content (AvgIpc) is 3.06. The van der Waals surface area contributed by atoms with E-state index in [0.717, 1.165) is 60.3 Å². The maximum Gasteiger partial charge on any atom is 0.247 e. The minimum Gasteiger partial charge on any atom is -0.381 e. The summed E-state index contributed by atoms with van der Waals surface area (Å²) >= 11 is 3.29. The van der Waals surface area contributed by atoms with E-state index in [2.05, 4.69) is 21.5 Å². The molecule has 3 heterocycles. The molecule has 0 aliphatic carbocycles. The fourth-order valence-electron chi connectivity index (χ4n) is 2.74. The van der Waals surface area contributed by atoms with Crippen LogP contribution in [-0.2, 0) is 14.6 Å². The number of sulfone groups is 1. The first-order chi connectivity index (χ1) is 12.5. The minimum atomic E-state index is -3.46. The maximum absolute atomic E-state index is 11.8. The molecule has 2 aromatic heterocycles. The molecule has 0 atom stereocenters. The third kappa shape index (κ3) is 4.73. The van der Waals surface area contributed by atoms with Crippen molar-refractivity contribution in [1.82, 2.24) is 15.0 Å². The van der Waals surface area contributed by atoms with Crippen molar-refractivity contribution in [1.29, 1.82) is 0 Å². The summed E-state index contributed by atoms with van der Waals surface area (Å²) in [6.07, 6.45) is 6.49. The van der Waals surface area contributed by atoms with Crippen LogP contribution in [0.4, 0.5) is 5.13 Å². The highest BCUT2D eigenvalue weighted by Gasteiger charge is 2.25. The van der Waals surface area contributed by atoms with Crippen LogP contribution in [-0.4, -0.2) is 61.4 Å². The van der Waals surface area contributed by atoms with Gasteiger partial charge >= 0.3 is 0 Å². The number of ether oxygens (including phenoxy) is 1. The van der Waals surface area contributed by atoms with Crippen molar-refractivity contribution in [2.75, 3.05) is 43.3 Å². The molecule has 3 rings (SSSR count). The minimum absolute atomic E-state index is 0.154. The number of hydrogen-bond donors (Lipinski definition) is 1. The molecule has 1 N–H and O–H groups in total. The zero-order valence-electron chi connectivity index (χ0n) is 14.8. The van der Waals surface area contributed by atoms with Crippen molar-refractivity contribution in [3.8, 4) is 10.6 Å². The van der Waals surface area contributed by atoms with Crippen molar-refractivity contribution in [3.05, 3.63) is 18.0 Å². The second-order valence-electron chi connectivity index (χ2n) is 6.04. The summed E-state index contributed by atoms with van der Waals surface area (Å²) in [5.41, 5.74) is 1.58. The van der Waals surface area contributed by atoms with E-state index in [1.807, 2.05) is 0 Å². The normalized spacial score (nSPS) is 15.9. The fraction of sp³-hybridized carbons (Fsp3) is 0.562. The fourth-order valence-corrected chi connectivity index (χ4v) is 4.61. The van der Waals surface area contributed by atoms with Gasteiger partial charge in [-0.05, 0) is 25.2 Å². The second-order valence-corrected chi connectivity index (χ2v) is 9.93. The molecule has 0 amide bonds. The van der Waals surface area contributed by atoms with Crippen LogP contribution in [0, 0.1) is 0 Å². The molecule has 26 heavy (non-hydrogen) atoms. The molecular weight excluding hydrogens is 392 g/mol. The molecule has 0 radical (unpaired) electrons. The molecule has 1 saturated heterocycles. The number of nitrogens with zero attached hydrogens (tertiary/aromatic N) is 3. The lowest BCUT2D eigenvalue weighted by Gasteiger charge is -2.21. The standard InChI is InChI=1S/C16H22N4O3S3/c1-24-10-7-17-15-20-13(11-4-8-23-9-5-11)14(25-15)12-3-6-18-16(19-12)26(2,21)22/h3,6,11H,4-5,7-10H2,1-2H3,(H,17,20). The van der Waals surface area contributed by atoms with E-state index >= 15 is 0 Å². The molecule has 2 aromatic rings. The Balaban J connectivity index is 1.98. The Morgan fingerprint density at radius 1 is 1.35 bits per heavy atom. The smallest absolute Gasteiger partial charge is 0.247 e. The number of thioether (sulfide) groups is 1. The van der Waals surface area contributed by atoms with Gasteiger partial charge in [0.15, 0.2) is 5.13 Å². The molecule has 7 nitrogen and oxygen atoms in total. The molecule has 10 heteroatoms. The molecule has 1 aliphatic heterocycles. The maximum atomic E-state index is 11.8. The van der Waals surface area contributed by atoms with Crippen LogP contribution in [0.1, 0.15) is 24.5 Å². The van der Waals surface area contributed by atoms with Gasteiger partial charge in [0.05, 0.1) is 16.3 Å². The van der Waals surface area contributed by atoms with Gasteiger partial charge in [-0.25, -0.2) is 23.4 Å². The van der Waals surface area contributed by atoms with Crippen LogP contribution < -0.4 is 5.32 Å². The van der Waals surface area contributed by atoms with Gasteiger partial charge < -0.3 is 10.1 Å². The zero-order chi connectivity index (χ0) is 18.6. The van der Waals surface area contributed by atoms with Crippen LogP contribution in [0.5, 0.6) is 0 Å². The van der Waals surface area contributed by atoms with Crippen LogP contribution >= 0.6 is 23.1 Å². The summed E-state index contributed by atoms with van der Waals surface area (Å²) in [5, 5.41) is 4.04. The second kappa shape index (κ2) is 8.64. The third-order valence-electron chi connectivity index (χ3n) is 4.04. The predicted molar refractivity (Wildman–Crippen MR) is 106 cm³/mol. The van der Waals surface area contributed by atoms with Crippen LogP contribution in [0.25, 0.3) is 10.6 Å². The molecule has 0 spiro atoms. The van der Waals surface area contributed by atoms with Crippen molar-refractivity contribution in [2.45, 2.75) is 23.9 Å². The molecular formula is C16H22N4O3S3. The van der Waals surface area contributed by atoms with Crippen LogP contribution in [0.15, 0.2) is 17.4 Å². The summed E-state index contributed by atoms with van der Waals surface area (Å²) < 4.78 is 29.1. The monoisotopic (exact) mass is 414 g/mol. The number of thiazole rings is 1. The van der Waals surface area contributed by atoms with Gasteiger partial charge in [0, 0.05) is 43.9 Å². The van der Waals surface area contributed by atoms with E-state index in [4.69, 9.17) is 9.72 Å². The number of aromatic nitrogens is 3. The topological polar surface area (TPSA) is 94.1 Å². The summed E-state index contributed by atoms with van der Waals surface area (Å²) in [5.74, 6) is 1.29. The van der Waals surface area contributed by atoms with E-state index in [-0.39, 0.29) is 5.16 Å². The van der Waals surface area contributed by atoms with Crippen LogP contribution in [0.2, 0.25) is 0 Å². The molecule has 142 valence electrons. The van der Waals surface area contributed by atoms with E-state index in [0.29, 0.717) is 11.6 Å². The van der Waals surface area contributed by atoms with Gasteiger partial charge in [0.1, 0.15) is 0 Å². The Labute approximate surface area is 161 Å². The molecule has 0 saturated carbocycles. The number of anilines is 1. The Hall–Kier alpha value is -1.23. The summed E-state index contributed by atoms with van der Waals surface area (Å²) in [6, 6.07) is 1.75. The quantitative estimate of drug-likeness (QED) is 0.546. The third-order valence-corrected chi connectivity index (χ3v) is 6.57. The highest BCUT2D eigenvalue weighted by molar-refractivity contribution is 7.98. The Morgan fingerprint density at radius 3 is 2.81 bits per heavy atom. The van der Waals surface area contributed by atoms with Crippen molar-refractivity contribution < 1.29 is 13.2 Å². The molecule has 1 fully saturated rings. The first-order valence-electron chi connectivity index (χ1n) is 8.34. The molecule has 0 aromatic carbocycles. The molecule has 0 unspecified atom stereocenters. The lowest BCUT2D eigenvalue weighted by Crippen LogP contribution is -2.15. The number of nitrogens with one attached hydrogen (secondary N) is 1. The highest BCUT2D eigenvalue weighted by Crippen LogP contribution is 2.39. The lowest BCUT2D eigenvalue weighted by molar-refractivity contribution is 0.0847. The van der Waals surface area contributed by atoms with Crippen molar-refractivity contribution in [3.63, 3.8) is 0 Å². The van der Waals surface area contributed by atoms with E-state index in [1.54, 1.807) is 17.8 Å². The SMILES string of the molecule is CSCCNc1nc(C2CCOCC2)c(-c2ccnc(S(C)(=O)=O)n2)s1. The van der Waals surface area contributed by atoms with Gasteiger partial charge in [-0.3, -0.25) is 0 Å². The highest BCUT2D eigenvalue weighted by atomic mass is 32.2. The molecule has 0 bridgehead atoms. The Kier molecular flexibility index (Phi) is 6.49. The van der Waals surface area contributed by atoms with Crippen molar-refractivity contribution >= 4 is 38.1 Å². The van der Waals surface area contributed by atoms with Gasteiger partial charge in [-0.2, -0.15) is 11.8 Å². The predicted octanol–water partition coefficient (Wildman–Crippen LogP) is 2.67. The summed E-state index contributed by atoms with van der Waals surface area (Å²) in [4.78, 5) is 13.9. The zero-order valence-corrected chi connectivity index (χ0v) is 17.2. The largest absolute Gasteiger partial charge is 0.381 e. The summed E-state index contributed by atoms with van der Waals surface area (Å²) in [7, 11) is -3.46. The van der Waals surface area contributed by atoms with Crippen molar-refractivity contribution in [2.24, 2.45) is 0 Å². The summed E-state index contributed by atoms with van der Waals surface area (Å²) in [6.45, 7) is 2.27. The average molecular weight is 415 g/mol. The first kappa shape index (κ1) is 19.5. The van der Waals surface area contributed by atoms with E-state index in [1.165, 1.54) is 17.5 Å². The van der Waals surface area contributed by atoms with Gasteiger partial charge in [-0.15, -0.1) is 0 Å². The lowest BCUT2D eigenvalue weighted by atomic mass is 9.95. The van der Waals surface area contributed by atoms with E-state index in [9.17, 15) is 8.42 Å². The van der Waals surface area contributed by atoms with Crippen LogP contribution in [0.3, 0.4) is 0 Å². The number of hydrogen-bond acceptors (Lipinski definition) is 9. The number of rotatable bonds is 7. The Morgan fingerprint density at radius 2 is 2.12 bits per heavy atom. The van der Waals surface area contributed by atoms with Gasteiger partial charge in [0.25, 0.3) is 0 Å². The van der Waals surface area contributed by atoms with Gasteiger partial charge in [0.2, 0.25) is 15.0 Å². The van der Waals surface area contributed by atoms with Gasteiger partial charge in [-0.1, -0.05) is 11.3 Å².